The number of phenolic OH excluding ortho intramolecular Hbond substituents is 1. The minimum atomic E-state index is 0.0475. The molecule has 1 atom stereocenters. The number of aromatic hydroxyl groups is 1. The second kappa shape index (κ2) is 6.88. The fourth-order valence-electron chi connectivity index (χ4n) is 3.54. The van der Waals surface area contributed by atoms with Gasteiger partial charge in [-0.25, -0.2) is 4.98 Å². The largest absolute Gasteiger partial charge is 0.508 e. The van der Waals surface area contributed by atoms with E-state index in [0.717, 1.165) is 37.2 Å². The number of nitrogens with zero attached hydrogens (tertiary/aromatic N) is 3. The number of piperidine rings is 1. The van der Waals surface area contributed by atoms with Gasteiger partial charge in [0.1, 0.15) is 11.4 Å². The number of benzene rings is 1. The predicted octanol–water partition coefficient (Wildman–Crippen LogP) is 3.73. The van der Waals surface area contributed by atoms with Crippen molar-refractivity contribution in [3.8, 4) is 5.75 Å². The smallest absolute Gasteiger partial charge is 0.274 e. The molecule has 0 bridgehead atoms. The van der Waals surface area contributed by atoms with E-state index in [-0.39, 0.29) is 17.7 Å². The summed E-state index contributed by atoms with van der Waals surface area (Å²) in [5.41, 5.74) is 1.74. The Balaban J connectivity index is 1.47. The van der Waals surface area contributed by atoms with Crippen LogP contribution in [-0.2, 0) is 6.42 Å². The van der Waals surface area contributed by atoms with Gasteiger partial charge in [-0.3, -0.25) is 9.20 Å². The van der Waals surface area contributed by atoms with Crippen LogP contribution in [0.1, 0.15) is 41.7 Å². The molecule has 0 aliphatic carbocycles. The van der Waals surface area contributed by atoms with Gasteiger partial charge in [-0.1, -0.05) is 12.1 Å². The number of phenols is 1. The van der Waals surface area contributed by atoms with E-state index < -0.39 is 0 Å². The highest BCUT2D eigenvalue weighted by atomic mass is 32.1. The molecular weight excluding hydrogens is 334 g/mol. The van der Waals surface area contributed by atoms with Gasteiger partial charge in [-0.15, -0.1) is 11.3 Å². The number of amides is 1. The molecule has 0 spiro atoms. The Morgan fingerprint density at radius 2 is 2.12 bits per heavy atom. The third kappa shape index (κ3) is 3.39. The Hall–Kier alpha value is -2.34. The maximum Gasteiger partial charge on any atom is 0.274 e. The molecule has 1 saturated heterocycles. The molecule has 1 aromatic carbocycles. The number of rotatable bonds is 4. The molecule has 1 aliphatic rings. The van der Waals surface area contributed by atoms with Gasteiger partial charge in [-0.05, 0) is 49.8 Å². The van der Waals surface area contributed by atoms with Crippen molar-refractivity contribution in [1.29, 1.82) is 0 Å². The zero-order valence-electron chi connectivity index (χ0n) is 14.0. The van der Waals surface area contributed by atoms with Gasteiger partial charge in [0.15, 0.2) is 4.96 Å². The van der Waals surface area contributed by atoms with Crippen LogP contribution < -0.4 is 0 Å². The van der Waals surface area contributed by atoms with Gasteiger partial charge in [0, 0.05) is 30.4 Å². The van der Waals surface area contributed by atoms with Crippen LogP contribution in [0.4, 0.5) is 0 Å². The Bertz CT molecular complexity index is 840. The zero-order valence-corrected chi connectivity index (χ0v) is 14.8. The number of aromatic nitrogens is 2. The molecule has 1 unspecified atom stereocenters. The lowest BCUT2D eigenvalue weighted by atomic mass is 9.95. The van der Waals surface area contributed by atoms with E-state index in [9.17, 15) is 9.90 Å². The molecule has 1 fully saturated rings. The number of hydrogen-bond donors (Lipinski definition) is 1. The lowest BCUT2D eigenvalue weighted by Crippen LogP contribution is -2.44. The average molecular weight is 355 g/mol. The summed E-state index contributed by atoms with van der Waals surface area (Å²) in [7, 11) is 0. The molecule has 0 radical (unpaired) electrons. The van der Waals surface area contributed by atoms with Gasteiger partial charge in [0.25, 0.3) is 5.91 Å². The summed E-state index contributed by atoms with van der Waals surface area (Å²) in [5.74, 6) is 0.337. The van der Waals surface area contributed by atoms with Crippen LogP contribution in [0, 0.1) is 0 Å². The van der Waals surface area contributed by atoms with Crippen LogP contribution in [0.3, 0.4) is 0 Å². The summed E-state index contributed by atoms with van der Waals surface area (Å²) >= 11 is 1.54. The Morgan fingerprint density at radius 1 is 1.28 bits per heavy atom. The van der Waals surface area contributed by atoms with E-state index in [2.05, 4.69) is 4.98 Å². The topological polar surface area (TPSA) is 57.8 Å². The lowest BCUT2D eigenvalue weighted by molar-refractivity contribution is 0.0596. The minimum absolute atomic E-state index is 0.0475. The van der Waals surface area contributed by atoms with Crippen molar-refractivity contribution in [1.82, 2.24) is 14.3 Å². The van der Waals surface area contributed by atoms with Gasteiger partial charge >= 0.3 is 0 Å². The number of carbonyl (C=O) groups excluding carboxylic acids is 1. The van der Waals surface area contributed by atoms with Gasteiger partial charge in [-0.2, -0.15) is 0 Å². The maximum atomic E-state index is 13.0. The highest BCUT2D eigenvalue weighted by Crippen LogP contribution is 2.24. The molecule has 6 heteroatoms. The van der Waals surface area contributed by atoms with Crippen molar-refractivity contribution in [2.24, 2.45) is 0 Å². The molecule has 1 aliphatic heterocycles. The Kier molecular flexibility index (Phi) is 4.44. The fourth-order valence-corrected chi connectivity index (χ4v) is 4.24. The molecule has 25 heavy (non-hydrogen) atoms. The Labute approximate surface area is 150 Å². The van der Waals surface area contributed by atoms with Crippen LogP contribution in [0.2, 0.25) is 0 Å². The number of likely N-dealkylation sites (tertiary alicyclic amines) is 1. The highest BCUT2D eigenvalue weighted by Gasteiger charge is 2.28. The second-order valence-corrected chi connectivity index (χ2v) is 7.45. The second-order valence-electron chi connectivity index (χ2n) is 6.57. The molecule has 1 N–H and O–H groups in total. The summed E-state index contributed by atoms with van der Waals surface area (Å²) in [6.45, 7) is 0.810. The molecule has 2 aromatic heterocycles. The van der Waals surface area contributed by atoms with Crippen LogP contribution in [-0.4, -0.2) is 37.9 Å². The van der Waals surface area contributed by atoms with Crippen molar-refractivity contribution in [2.75, 3.05) is 6.54 Å². The van der Waals surface area contributed by atoms with Crippen molar-refractivity contribution in [3.63, 3.8) is 0 Å². The van der Waals surface area contributed by atoms with E-state index in [1.807, 2.05) is 39.2 Å². The first kappa shape index (κ1) is 16.1. The van der Waals surface area contributed by atoms with Crippen molar-refractivity contribution in [2.45, 2.75) is 38.1 Å². The maximum absolute atomic E-state index is 13.0. The SMILES string of the molecule is O=C(c1cn2ccsc2n1)N1CCCCC1CCc1ccc(O)cc1. The zero-order chi connectivity index (χ0) is 17.2. The van der Waals surface area contributed by atoms with E-state index >= 15 is 0 Å². The van der Waals surface area contributed by atoms with Gasteiger partial charge in [0.05, 0.1) is 0 Å². The molecular formula is C19H21N3O2S. The summed E-state index contributed by atoms with van der Waals surface area (Å²) in [4.78, 5) is 20.3. The monoisotopic (exact) mass is 355 g/mol. The van der Waals surface area contributed by atoms with Crippen LogP contribution in [0.5, 0.6) is 5.75 Å². The van der Waals surface area contributed by atoms with Crippen LogP contribution in [0.25, 0.3) is 4.96 Å². The molecule has 3 aromatic rings. The average Bonchev–Trinajstić information content (AvgIpc) is 3.23. The summed E-state index contributed by atoms with van der Waals surface area (Å²) in [5, 5.41) is 11.4. The minimum Gasteiger partial charge on any atom is -0.508 e. The quantitative estimate of drug-likeness (QED) is 0.776. The highest BCUT2D eigenvalue weighted by molar-refractivity contribution is 7.15. The van der Waals surface area contributed by atoms with Gasteiger partial charge < -0.3 is 10.0 Å². The molecule has 130 valence electrons. The molecule has 0 saturated carbocycles. The molecule has 5 nitrogen and oxygen atoms in total. The van der Waals surface area contributed by atoms with E-state index in [0.29, 0.717) is 5.69 Å². The van der Waals surface area contributed by atoms with Crippen molar-refractivity contribution < 1.29 is 9.90 Å². The third-order valence-electron chi connectivity index (χ3n) is 4.90. The predicted molar refractivity (Wildman–Crippen MR) is 98.2 cm³/mol. The summed E-state index contributed by atoms with van der Waals surface area (Å²) < 4.78 is 1.91. The van der Waals surface area contributed by atoms with Crippen molar-refractivity contribution >= 4 is 22.2 Å². The van der Waals surface area contributed by atoms with Crippen LogP contribution in [0.15, 0.2) is 42.0 Å². The standard InChI is InChI=1S/C19H21N3O2S/c23-16-8-5-14(6-9-16)4-7-15-3-1-2-10-22(15)18(24)17-13-21-11-12-25-19(21)20-17/h5-6,8-9,11-13,15,23H,1-4,7,10H2. The number of carbonyl (C=O) groups is 1. The lowest BCUT2D eigenvalue weighted by Gasteiger charge is -2.35. The first-order chi connectivity index (χ1) is 12.2. The van der Waals surface area contributed by atoms with Gasteiger partial charge in [0.2, 0.25) is 0 Å². The number of hydrogen-bond acceptors (Lipinski definition) is 4. The van der Waals surface area contributed by atoms with E-state index in [1.54, 1.807) is 23.5 Å². The fraction of sp³-hybridized carbons (Fsp3) is 0.368. The third-order valence-corrected chi connectivity index (χ3v) is 5.67. The summed E-state index contributed by atoms with van der Waals surface area (Å²) in [6, 6.07) is 7.60. The summed E-state index contributed by atoms with van der Waals surface area (Å²) in [6.07, 6.45) is 8.89. The number of imidazole rings is 1. The molecule has 1 amide bonds. The van der Waals surface area contributed by atoms with E-state index in [4.69, 9.17) is 0 Å². The number of aryl methyl sites for hydroxylation is 1. The number of fused-ring (bicyclic) bond motifs is 1. The number of thiazole rings is 1. The van der Waals surface area contributed by atoms with Crippen LogP contribution >= 0.6 is 11.3 Å². The molecule has 3 heterocycles. The van der Waals surface area contributed by atoms with Crippen molar-refractivity contribution in [3.05, 3.63) is 53.3 Å². The molecule has 4 rings (SSSR count). The normalized spacial score (nSPS) is 17.9. The first-order valence-electron chi connectivity index (χ1n) is 8.72. The Morgan fingerprint density at radius 3 is 2.92 bits per heavy atom. The first-order valence-corrected chi connectivity index (χ1v) is 9.60. The van der Waals surface area contributed by atoms with E-state index in [1.165, 1.54) is 12.0 Å².